The molecule has 4 rings (SSSR count). The number of hydrogen-bond donors (Lipinski definition) is 1. The van der Waals surface area contributed by atoms with Crippen molar-refractivity contribution in [3.8, 4) is 11.1 Å². The average Bonchev–Trinajstić information content (AvgIpc) is 3.07. The van der Waals surface area contributed by atoms with E-state index < -0.39 is 0 Å². The Balaban J connectivity index is 1.83. The molecule has 0 unspecified atom stereocenters. The molecule has 1 aliphatic carbocycles. The van der Waals surface area contributed by atoms with Crippen LogP contribution >= 0.6 is 0 Å². The van der Waals surface area contributed by atoms with E-state index in [0.29, 0.717) is 5.69 Å². The normalized spacial score (nSPS) is 13.8. The predicted molar refractivity (Wildman–Crippen MR) is 76.4 cm³/mol. The number of aliphatic hydroxyl groups is 1. The van der Waals surface area contributed by atoms with Gasteiger partial charge < -0.3 is 9.51 Å². The zero-order valence-electron chi connectivity index (χ0n) is 11.1. The highest BCUT2D eigenvalue weighted by Crippen LogP contribution is 2.26. The van der Waals surface area contributed by atoms with Gasteiger partial charge in [-0.05, 0) is 37.5 Å². The van der Waals surface area contributed by atoms with Gasteiger partial charge in [0.2, 0.25) is 0 Å². The topological polar surface area (TPSA) is 50.4 Å². The van der Waals surface area contributed by atoms with Crippen molar-refractivity contribution in [2.75, 3.05) is 0 Å². The minimum atomic E-state index is -0.0195. The first-order valence-corrected chi connectivity index (χ1v) is 6.91. The smallest absolute Gasteiger partial charge is 0.137 e. The Hall–Kier alpha value is -2.20. The molecule has 20 heavy (non-hydrogen) atoms. The van der Waals surface area contributed by atoms with E-state index in [4.69, 9.17) is 5.11 Å². The highest BCUT2D eigenvalue weighted by atomic mass is 16.3. The van der Waals surface area contributed by atoms with Crippen molar-refractivity contribution >= 4 is 5.65 Å². The number of hydrogen-bond acceptors (Lipinski definition) is 3. The number of nitrogens with zero attached hydrogens (tertiary/aromatic N) is 3. The monoisotopic (exact) mass is 265 g/mol. The maximum atomic E-state index is 9.04. The summed E-state index contributed by atoms with van der Waals surface area (Å²) in [5.41, 5.74) is 6.50. The van der Waals surface area contributed by atoms with Crippen molar-refractivity contribution in [3.05, 3.63) is 53.7 Å². The SMILES string of the molecule is OCc1ccc(-c2ccc3nc4c(n3c2)CCC4)cn1. The quantitative estimate of drug-likeness (QED) is 0.774. The largest absolute Gasteiger partial charge is 0.390 e. The highest BCUT2D eigenvalue weighted by molar-refractivity contribution is 5.64. The van der Waals surface area contributed by atoms with Gasteiger partial charge in [0.05, 0.1) is 18.0 Å². The highest BCUT2D eigenvalue weighted by Gasteiger charge is 2.17. The molecule has 1 aliphatic rings. The Morgan fingerprint density at radius 3 is 2.80 bits per heavy atom. The van der Waals surface area contributed by atoms with E-state index >= 15 is 0 Å². The van der Waals surface area contributed by atoms with Crippen LogP contribution in [-0.4, -0.2) is 19.5 Å². The lowest BCUT2D eigenvalue weighted by Gasteiger charge is -2.05. The predicted octanol–water partition coefficient (Wildman–Crippen LogP) is 2.38. The lowest BCUT2D eigenvalue weighted by atomic mass is 10.1. The van der Waals surface area contributed by atoms with Crippen molar-refractivity contribution in [2.24, 2.45) is 0 Å². The third-order valence-electron chi connectivity index (χ3n) is 3.95. The van der Waals surface area contributed by atoms with E-state index in [2.05, 4.69) is 32.7 Å². The maximum absolute atomic E-state index is 9.04. The van der Waals surface area contributed by atoms with Crippen molar-refractivity contribution in [1.82, 2.24) is 14.4 Å². The molecule has 0 radical (unpaired) electrons. The van der Waals surface area contributed by atoms with Gasteiger partial charge in [0.1, 0.15) is 5.65 Å². The Bertz CT molecular complexity index is 774. The molecule has 0 spiro atoms. The fourth-order valence-electron chi connectivity index (χ4n) is 2.89. The van der Waals surface area contributed by atoms with E-state index in [1.807, 2.05) is 18.3 Å². The second-order valence-electron chi connectivity index (χ2n) is 5.20. The molecule has 1 N–H and O–H groups in total. The van der Waals surface area contributed by atoms with Crippen molar-refractivity contribution in [3.63, 3.8) is 0 Å². The summed E-state index contributed by atoms with van der Waals surface area (Å²) in [6.07, 6.45) is 7.37. The Kier molecular flexibility index (Phi) is 2.57. The van der Waals surface area contributed by atoms with E-state index in [-0.39, 0.29) is 6.61 Å². The fourth-order valence-corrected chi connectivity index (χ4v) is 2.89. The minimum absolute atomic E-state index is 0.0195. The molecule has 0 atom stereocenters. The van der Waals surface area contributed by atoms with Gasteiger partial charge in [-0.25, -0.2) is 4.98 Å². The summed E-state index contributed by atoms with van der Waals surface area (Å²) < 4.78 is 2.21. The maximum Gasteiger partial charge on any atom is 0.137 e. The van der Waals surface area contributed by atoms with Gasteiger partial charge in [-0.3, -0.25) is 4.98 Å². The average molecular weight is 265 g/mol. The van der Waals surface area contributed by atoms with E-state index in [0.717, 1.165) is 29.6 Å². The van der Waals surface area contributed by atoms with E-state index in [9.17, 15) is 0 Å². The molecule has 100 valence electrons. The lowest BCUT2D eigenvalue weighted by molar-refractivity contribution is 0.277. The first-order chi connectivity index (χ1) is 9.85. The third kappa shape index (κ3) is 1.72. The Morgan fingerprint density at radius 1 is 1.10 bits per heavy atom. The van der Waals surface area contributed by atoms with Crippen LogP contribution < -0.4 is 0 Å². The van der Waals surface area contributed by atoms with Crippen molar-refractivity contribution < 1.29 is 5.11 Å². The molecule has 3 aromatic rings. The number of aryl methyl sites for hydroxylation is 2. The summed E-state index contributed by atoms with van der Waals surface area (Å²) in [6, 6.07) is 8.00. The minimum Gasteiger partial charge on any atom is -0.390 e. The van der Waals surface area contributed by atoms with Crippen LogP contribution in [0.2, 0.25) is 0 Å². The van der Waals surface area contributed by atoms with Crippen LogP contribution in [0.15, 0.2) is 36.7 Å². The van der Waals surface area contributed by atoms with Crippen LogP contribution in [-0.2, 0) is 19.4 Å². The number of pyridine rings is 2. The summed E-state index contributed by atoms with van der Waals surface area (Å²) in [7, 11) is 0. The van der Waals surface area contributed by atoms with Crippen LogP contribution in [0.3, 0.4) is 0 Å². The molecular formula is C16H15N3O. The van der Waals surface area contributed by atoms with Gasteiger partial charge in [-0.1, -0.05) is 6.07 Å². The molecule has 4 heteroatoms. The van der Waals surface area contributed by atoms with Crippen LogP contribution in [0.1, 0.15) is 23.5 Å². The summed E-state index contributed by atoms with van der Waals surface area (Å²) in [5.74, 6) is 0. The number of rotatable bonds is 2. The van der Waals surface area contributed by atoms with Gasteiger partial charge in [0.15, 0.2) is 0 Å². The van der Waals surface area contributed by atoms with Crippen LogP contribution in [0.4, 0.5) is 0 Å². The number of fused-ring (bicyclic) bond motifs is 3. The summed E-state index contributed by atoms with van der Waals surface area (Å²) >= 11 is 0. The molecule has 0 aliphatic heterocycles. The Labute approximate surface area is 116 Å². The van der Waals surface area contributed by atoms with Crippen molar-refractivity contribution in [2.45, 2.75) is 25.9 Å². The molecule has 3 aromatic heterocycles. The fraction of sp³-hybridized carbons (Fsp3) is 0.250. The molecule has 0 saturated carbocycles. The molecule has 4 nitrogen and oxygen atoms in total. The van der Waals surface area contributed by atoms with E-state index in [1.54, 1.807) is 0 Å². The van der Waals surface area contributed by atoms with Gasteiger partial charge in [0, 0.05) is 29.2 Å². The van der Waals surface area contributed by atoms with E-state index in [1.165, 1.54) is 17.8 Å². The van der Waals surface area contributed by atoms with Crippen LogP contribution in [0.5, 0.6) is 0 Å². The first kappa shape index (κ1) is 11.6. The van der Waals surface area contributed by atoms with Gasteiger partial charge in [-0.15, -0.1) is 0 Å². The van der Waals surface area contributed by atoms with Crippen molar-refractivity contribution in [1.29, 1.82) is 0 Å². The van der Waals surface area contributed by atoms with Crippen LogP contribution in [0.25, 0.3) is 16.8 Å². The molecule has 0 saturated heterocycles. The molecule has 0 fully saturated rings. The molecule has 0 bridgehead atoms. The molecular weight excluding hydrogens is 250 g/mol. The van der Waals surface area contributed by atoms with Gasteiger partial charge in [-0.2, -0.15) is 0 Å². The third-order valence-corrected chi connectivity index (χ3v) is 3.95. The summed E-state index contributed by atoms with van der Waals surface area (Å²) in [4.78, 5) is 8.91. The molecule has 0 aromatic carbocycles. The molecule has 0 amide bonds. The first-order valence-electron chi connectivity index (χ1n) is 6.91. The zero-order valence-corrected chi connectivity index (χ0v) is 11.1. The van der Waals surface area contributed by atoms with Gasteiger partial charge in [0.25, 0.3) is 0 Å². The number of imidazole rings is 1. The second kappa shape index (κ2) is 4.42. The second-order valence-corrected chi connectivity index (χ2v) is 5.20. The zero-order chi connectivity index (χ0) is 13.5. The number of aliphatic hydroxyl groups excluding tert-OH is 1. The standard InChI is InChI=1S/C16H15N3O/c20-10-13-6-4-11(8-17-13)12-5-7-16-18-14-2-1-3-15(14)19(16)9-12/h4-9,20H,1-3,10H2. The molecule has 3 heterocycles. The van der Waals surface area contributed by atoms with Crippen LogP contribution in [0, 0.1) is 0 Å². The summed E-state index contributed by atoms with van der Waals surface area (Å²) in [6.45, 7) is -0.0195. The Morgan fingerprint density at radius 2 is 2.00 bits per heavy atom. The summed E-state index contributed by atoms with van der Waals surface area (Å²) in [5, 5.41) is 9.04. The lowest BCUT2D eigenvalue weighted by Crippen LogP contribution is -1.93. The number of aromatic nitrogens is 3. The van der Waals surface area contributed by atoms with Gasteiger partial charge >= 0.3 is 0 Å².